The largest absolute Gasteiger partial charge is 0.448 e. The Balaban J connectivity index is 1.52. The van der Waals surface area contributed by atoms with E-state index in [1.807, 2.05) is 0 Å². The van der Waals surface area contributed by atoms with Crippen molar-refractivity contribution in [2.24, 2.45) is 4.36 Å². The zero-order chi connectivity index (χ0) is 34.2. The first kappa shape index (κ1) is 34.6. The predicted molar refractivity (Wildman–Crippen MR) is 173 cm³/mol. The summed E-state index contributed by atoms with van der Waals surface area (Å²) >= 11 is 0. The molecule has 1 aromatic heterocycles. The zero-order valence-corrected chi connectivity index (χ0v) is 26.3. The van der Waals surface area contributed by atoms with E-state index in [0.29, 0.717) is 28.3 Å². The number of aromatic nitrogens is 2. The van der Waals surface area contributed by atoms with Gasteiger partial charge in [-0.15, -0.1) is 4.36 Å². The third-order valence-corrected chi connectivity index (χ3v) is 8.02. The first-order valence-electron chi connectivity index (χ1n) is 14.1. The number of hydrogen-bond acceptors (Lipinski definition) is 9. The number of aliphatic hydroxyl groups is 1. The molecule has 0 fully saturated rings. The van der Waals surface area contributed by atoms with Gasteiger partial charge in [-0.25, -0.2) is 18.8 Å². The second-order valence-corrected chi connectivity index (χ2v) is 12.4. The number of nitrogens with one attached hydrogen (secondary N) is 4. The maximum absolute atomic E-state index is 13.1. The van der Waals surface area contributed by atoms with Crippen LogP contribution in [0.25, 0.3) is 11.1 Å². The number of alkyl halides is 3. The predicted octanol–water partition coefficient (Wildman–Crippen LogP) is 6.96. The third kappa shape index (κ3) is 9.64. The molecule has 47 heavy (non-hydrogen) atoms. The van der Waals surface area contributed by atoms with Gasteiger partial charge in [0.2, 0.25) is 5.95 Å². The number of aliphatic hydroxyl groups excluding tert-OH is 1. The number of benzene rings is 3. The molecule has 0 aliphatic carbocycles. The second-order valence-electron chi connectivity index (χ2n) is 10.2. The molecular weight excluding hydrogens is 639 g/mol. The average Bonchev–Trinajstić information content (AvgIpc) is 3.01. The Morgan fingerprint density at radius 1 is 1.00 bits per heavy atom. The normalized spacial score (nSPS) is 13.1. The third-order valence-electron chi connectivity index (χ3n) is 6.39. The van der Waals surface area contributed by atoms with Crippen molar-refractivity contribution in [2.45, 2.75) is 31.0 Å². The lowest BCUT2D eigenvalue weighted by Gasteiger charge is -2.17. The standard InChI is InChI=1S/C31H32F3N7O5S/c1-4-46-30(44)41-47(3,45)25-10-6-9-24(16-25)37-28-35-17-26(27(40-28)36-19(2)18-42)20-11-13-22(14-12-20)38-29(43)39-23-8-5-7-21(15-23)31(32,33)34/h5-17,19,42H,4,18H2,1-3H3,(H2,38,39,43)(H2,35,36,37,40)/t19?,47-/m1/s1. The molecule has 0 bridgehead atoms. The van der Waals surface area contributed by atoms with E-state index < -0.39 is 33.6 Å². The molecule has 1 unspecified atom stereocenters. The molecule has 1 heterocycles. The van der Waals surface area contributed by atoms with Crippen LogP contribution < -0.4 is 21.3 Å². The van der Waals surface area contributed by atoms with E-state index in [-0.39, 0.29) is 35.8 Å². The van der Waals surface area contributed by atoms with Crippen LogP contribution in [-0.2, 0) is 20.6 Å². The summed E-state index contributed by atoms with van der Waals surface area (Å²) in [6, 6.07) is 16.2. The molecule has 3 amide bonds. The van der Waals surface area contributed by atoms with Gasteiger partial charge in [0.1, 0.15) is 5.82 Å². The van der Waals surface area contributed by atoms with Crippen molar-refractivity contribution in [1.29, 1.82) is 0 Å². The monoisotopic (exact) mass is 671 g/mol. The Hall–Kier alpha value is -5.22. The van der Waals surface area contributed by atoms with Crippen molar-refractivity contribution in [1.82, 2.24) is 9.97 Å². The summed E-state index contributed by atoms with van der Waals surface area (Å²) in [6.07, 6.45) is -2.59. The van der Waals surface area contributed by atoms with Crippen molar-refractivity contribution in [3.8, 4) is 11.1 Å². The summed E-state index contributed by atoms with van der Waals surface area (Å²) in [5, 5.41) is 20.8. The van der Waals surface area contributed by atoms with Crippen LogP contribution >= 0.6 is 0 Å². The Morgan fingerprint density at radius 3 is 2.36 bits per heavy atom. The van der Waals surface area contributed by atoms with Gasteiger partial charge in [-0.2, -0.15) is 18.2 Å². The fraction of sp³-hybridized carbons (Fsp3) is 0.226. The van der Waals surface area contributed by atoms with Gasteiger partial charge in [0.15, 0.2) is 0 Å². The Bertz CT molecular complexity index is 1860. The minimum absolute atomic E-state index is 0.0183. The quantitative estimate of drug-likeness (QED) is 0.120. The molecule has 0 spiro atoms. The Morgan fingerprint density at radius 2 is 1.68 bits per heavy atom. The molecule has 4 aromatic rings. The highest BCUT2D eigenvalue weighted by Gasteiger charge is 2.30. The van der Waals surface area contributed by atoms with Gasteiger partial charge >= 0.3 is 18.3 Å². The highest BCUT2D eigenvalue weighted by molar-refractivity contribution is 7.93. The maximum atomic E-state index is 13.1. The molecule has 0 radical (unpaired) electrons. The summed E-state index contributed by atoms with van der Waals surface area (Å²) < 4.78 is 60.5. The van der Waals surface area contributed by atoms with Gasteiger partial charge in [0.05, 0.1) is 28.5 Å². The van der Waals surface area contributed by atoms with E-state index in [9.17, 15) is 32.1 Å². The lowest BCUT2D eigenvalue weighted by atomic mass is 10.1. The van der Waals surface area contributed by atoms with E-state index >= 15 is 0 Å². The molecule has 0 aliphatic heterocycles. The van der Waals surface area contributed by atoms with Crippen LogP contribution in [0.4, 0.5) is 51.6 Å². The van der Waals surface area contributed by atoms with Crippen LogP contribution in [-0.4, -0.2) is 56.9 Å². The summed E-state index contributed by atoms with van der Waals surface area (Å²) in [6.45, 7) is 3.29. The molecule has 3 aromatic carbocycles. The number of amides is 3. The zero-order valence-electron chi connectivity index (χ0n) is 25.5. The van der Waals surface area contributed by atoms with E-state index in [2.05, 4.69) is 35.6 Å². The number of carbonyl (C=O) groups is 2. The van der Waals surface area contributed by atoms with Gasteiger partial charge in [0, 0.05) is 46.0 Å². The van der Waals surface area contributed by atoms with Crippen LogP contribution in [0.2, 0.25) is 0 Å². The number of halogens is 3. The first-order valence-corrected chi connectivity index (χ1v) is 16.1. The average molecular weight is 672 g/mol. The van der Waals surface area contributed by atoms with Crippen molar-refractivity contribution < 1.29 is 36.8 Å². The SMILES string of the molecule is CCOC(=O)N=[S@](C)(=O)c1cccc(Nc2ncc(-c3ccc(NC(=O)Nc4cccc(C(F)(F)F)c4)cc3)c(NC(C)CO)n2)c1. The number of urea groups is 1. The lowest BCUT2D eigenvalue weighted by Crippen LogP contribution is -2.21. The van der Waals surface area contributed by atoms with Crippen LogP contribution in [0.1, 0.15) is 19.4 Å². The topological polar surface area (TPSA) is 167 Å². The van der Waals surface area contributed by atoms with E-state index in [0.717, 1.165) is 12.1 Å². The number of rotatable bonds is 10. The summed E-state index contributed by atoms with van der Waals surface area (Å²) in [4.78, 5) is 33.5. The Labute approximate surface area is 269 Å². The van der Waals surface area contributed by atoms with E-state index in [4.69, 9.17) is 4.74 Å². The number of anilines is 5. The molecule has 0 aliphatic rings. The Kier molecular flexibility index (Phi) is 11.0. The van der Waals surface area contributed by atoms with Gasteiger partial charge in [-0.05, 0) is 67.9 Å². The number of nitrogens with zero attached hydrogens (tertiary/aromatic N) is 3. The molecule has 0 saturated carbocycles. The van der Waals surface area contributed by atoms with E-state index in [1.165, 1.54) is 18.4 Å². The molecule has 4 rings (SSSR count). The first-order chi connectivity index (χ1) is 22.3. The summed E-state index contributed by atoms with van der Waals surface area (Å²) in [7, 11) is -3.09. The van der Waals surface area contributed by atoms with Crippen LogP contribution in [0.15, 0.2) is 88.3 Å². The molecular formula is C31H32F3N7O5S. The minimum atomic E-state index is -4.54. The maximum Gasteiger partial charge on any atom is 0.442 e. The van der Waals surface area contributed by atoms with Crippen molar-refractivity contribution in [3.05, 3.63) is 84.6 Å². The van der Waals surface area contributed by atoms with Crippen LogP contribution in [0, 0.1) is 0 Å². The molecule has 0 saturated heterocycles. The van der Waals surface area contributed by atoms with Gasteiger partial charge in [-0.3, -0.25) is 0 Å². The summed E-state index contributed by atoms with van der Waals surface area (Å²) in [5.74, 6) is 0.549. The van der Waals surface area contributed by atoms with Gasteiger partial charge in [0.25, 0.3) is 0 Å². The number of carbonyl (C=O) groups excluding carboxylic acids is 2. The van der Waals surface area contributed by atoms with Crippen molar-refractivity contribution in [3.63, 3.8) is 0 Å². The lowest BCUT2D eigenvalue weighted by molar-refractivity contribution is -0.137. The second kappa shape index (κ2) is 14.9. The summed E-state index contributed by atoms with van der Waals surface area (Å²) in [5.41, 5.74) is 1.16. The fourth-order valence-electron chi connectivity index (χ4n) is 4.13. The highest BCUT2D eigenvalue weighted by Crippen LogP contribution is 2.31. The van der Waals surface area contributed by atoms with Crippen molar-refractivity contribution in [2.75, 3.05) is 40.7 Å². The van der Waals surface area contributed by atoms with Crippen LogP contribution in [0.5, 0.6) is 0 Å². The number of hydrogen-bond donors (Lipinski definition) is 5. The van der Waals surface area contributed by atoms with Gasteiger partial charge in [-0.1, -0.05) is 24.3 Å². The smallest absolute Gasteiger partial charge is 0.442 e. The van der Waals surface area contributed by atoms with Crippen LogP contribution in [0.3, 0.4) is 0 Å². The molecule has 16 heteroatoms. The van der Waals surface area contributed by atoms with E-state index in [1.54, 1.807) is 68.6 Å². The van der Waals surface area contributed by atoms with Crippen molar-refractivity contribution >= 4 is 50.7 Å². The fourth-order valence-corrected chi connectivity index (χ4v) is 5.24. The molecule has 5 N–H and O–H groups in total. The highest BCUT2D eigenvalue weighted by atomic mass is 32.2. The molecule has 248 valence electrons. The number of ether oxygens (including phenoxy) is 1. The minimum Gasteiger partial charge on any atom is -0.448 e. The molecule has 12 nitrogen and oxygen atoms in total. The molecule has 2 atom stereocenters. The van der Waals surface area contributed by atoms with Gasteiger partial charge < -0.3 is 31.1 Å².